The molecule has 2 amide bonds. The standard InChI is InChI=1S/C34H34B2N4O6S3/c37-27(9-13-31(39)41)33(43)45-35(19-3-1-5-23(47)15-19)21-7-11-29-25(17-21)26-18-22(8-12-30(26)49-29)36(20-4-2-6-24(48)16-20)46-34(44)28(38)10-14-32(40)42/h1-4,7-8,11-12,15-18,27-28H,5-6,9-10,13-14,37-38H2,(H2,39,41)(H2,40,42)/t27-,28-/m0/s1. The summed E-state index contributed by atoms with van der Waals surface area (Å²) in [5, 5.41) is 1.79. The first kappa shape index (κ1) is 36.0. The van der Waals surface area contributed by atoms with Crippen molar-refractivity contribution in [2.45, 2.75) is 50.6 Å². The number of carbonyl (C=O) groups excluding carboxylic acids is 4. The lowest BCUT2D eigenvalue weighted by molar-refractivity contribution is -0.137. The molecule has 0 bridgehead atoms. The third-order valence-corrected chi connectivity index (χ3v) is 9.84. The number of allylic oxidation sites excluding steroid dienone is 8. The molecule has 2 atom stereocenters. The van der Waals surface area contributed by atoms with E-state index in [4.69, 9.17) is 56.7 Å². The Bertz CT molecular complexity index is 1850. The van der Waals surface area contributed by atoms with Gasteiger partial charge in [0.15, 0.2) is 0 Å². The van der Waals surface area contributed by atoms with Crippen LogP contribution in [0.2, 0.25) is 0 Å². The van der Waals surface area contributed by atoms with E-state index in [0.717, 1.165) is 20.2 Å². The van der Waals surface area contributed by atoms with Gasteiger partial charge >= 0.3 is 25.8 Å². The molecule has 250 valence electrons. The molecule has 15 heteroatoms. The molecule has 2 aliphatic carbocycles. The van der Waals surface area contributed by atoms with Crippen LogP contribution in [0.1, 0.15) is 38.5 Å². The van der Waals surface area contributed by atoms with E-state index in [1.54, 1.807) is 11.3 Å². The van der Waals surface area contributed by atoms with Crippen LogP contribution in [0.25, 0.3) is 20.2 Å². The second-order valence-electron chi connectivity index (χ2n) is 11.9. The summed E-state index contributed by atoms with van der Waals surface area (Å²) < 4.78 is 14.0. The number of carbonyl (C=O) groups is 4. The van der Waals surface area contributed by atoms with E-state index in [1.165, 1.54) is 0 Å². The molecule has 0 fully saturated rings. The Morgan fingerprint density at radius 2 is 1.12 bits per heavy atom. The quantitative estimate of drug-likeness (QED) is 0.143. The first-order valence-electron chi connectivity index (χ1n) is 15.7. The van der Waals surface area contributed by atoms with Gasteiger partial charge in [0.2, 0.25) is 11.8 Å². The maximum Gasteiger partial charge on any atom is 0.429 e. The second kappa shape index (κ2) is 16.0. The van der Waals surface area contributed by atoms with E-state index in [2.05, 4.69) is 0 Å². The highest BCUT2D eigenvalue weighted by atomic mass is 32.1. The zero-order chi connectivity index (χ0) is 35.2. The van der Waals surface area contributed by atoms with Crippen LogP contribution in [-0.2, 0) is 28.5 Å². The second-order valence-corrected chi connectivity index (χ2v) is 14.0. The van der Waals surface area contributed by atoms with Crippen molar-refractivity contribution in [3.63, 3.8) is 0 Å². The van der Waals surface area contributed by atoms with E-state index in [9.17, 15) is 19.2 Å². The van der Waals surface area contributed by atoms with Gasteiger partial charge in [-0.3, -0.25) is 19.2 Å². The van der Waals surface area contributed by atoms with E-state index in [1.807, 2.05) is 72.9 Å². The number of amides is 2. The maximum atomic E-state index is 13.1. The average molecular weight is 712 g/mol. The summed E-state index contributed by atoms with van der Waals surface area (Å²) in [6.07, 6.45) is 12.5. The fourth-order valence-electron chi connectivity index (χ4n) is 5.57. The van der Waals surface area contributed by atoms with Crippen molar-refractivity contribution in [1.82, 2.24) is 0 Å². The van der Waals surface area contributed by atoms with Gasteiger partial charge < -0.3 is 32.2 Å². The van der Waals surface area contributed by atoms with Crippen molar-refractivity contribution in [2.75, 3.05) is 0 Å². The topological polar surface area (TPSA) is 191 Å². The minimum atomic E-state index is -1.04. The van der Waals surface area contributed by atoms with Crippen LogP contribution < -0.4 is 33.9 Å². The van der Waals surface area contributed by atoms with E-state index >= 15 is 0 Å². The molecule has 0 saturated heterocycles. The van der Waals surface area contributed by atoms with Crippen molar-refractivity contribution in [3.8, 4) is 0 Å². The number of fused-ring (bicyclic) bond motifs is 3. The van der Waals surface area contributed by atoms with Crippen LogP contribution in [0.15, 0.2) is 83.8 Å². The molecule has 2 aromatic carbocycles. The zero-order valence-electron chi connectivity index (χ0n) is 26.5. The van der Waals surface area contributed by atoms with Gasteiger partial charge in [-0.1, -0.05) is 73.0 Å². The molecule has 5 rings (SSSR count). The fourth-order valence-corrected chi connectivity index (χ4v) is 7.10. The Kier molecular flexibility index (Phi) is 11.7. The molecule has 49 heavy (non-hydrogen) atoms. The Balaban J connectivity index is 1.54. The summed E-state index contributed by atoms with van der Waals surface area (Å²) in [5.74, 6) is -2.45. The van der Waals surface area contributed by atoms with Crippen molar-refractivity contribution >= 4 is 114 Å². The van der Waals surface area contributed by atoms with Crippen LogP contribution in [0.5, 0.6) is 0 Å². The molecule has 0 aliphatic heterocycles. The summed E-state index contributed by atoms with van der Waals surface area (Å²) in [4.78, 5) is 50.2. The van der Waals surface area contributed by atoms with Gasteiger partial charge in [-0.05, 0) is 69.8 Å². The number of rotatable bonds is 14. The summed E-state index contributed by atoms with van der Waals surface area (Å²) in [6, 6.07) is 9.58. The van der Waals surface area contributed by atoms with Crippen LogP contribution >= 0.6 is 35.8 Å². The molecule has 0 radical (unpaired) electrons. The molecule has 3 aromatic rings. The number of primary amides is 2. The lowest BCUT2D eigenvalue weighted by Crippen LogP contribution is -2.44. The first-order chi connectivity index (χ1) is 23.4. The number of hydrogen-bond acceptors (Lipinski definition) is 11. The fraction of sp³-hybridized carbons (Fsp3) is 0.235. The summed E-state index contributed by atoms with van der Waals surface area (Å²) >= 11 is 12.5. The van der Waals surface area contributed by atoms with Crippen LogP contribution in [-0.4, -0.2) is 59.4 Å². The molecule has 0 spiro atoms. The predicted octanol–water partition coefficient (Wildman–Crippen LogP) is 2.31. The third-order valence-electron chi connectivity index (χ3n) is 8.12. The van der Waals surface area contributed by atoms with Crippen molar-refractivity contribution in [2.24, 2.45) is 22.9 Å². The SMILES string of the molecule is NC(=O)CC[C@H](N)C(=O)OB(C1=CC(=S)CC=C1)c1ccc2sc3ccc(B(OC(=O)[C@@H](N)CCC(N)=O)C4=CC(=S)CC=C4)cc3c2c1. The van der Waals surface area contributed by atoms with Crippen LogP contribution in [0.4, 0.5) is 0 Å². The summed E-state index contributed by atoms with van der Waals surface area (Å²) in [6.45, 7) is -1.64. The predicted molar refractivity (Wildman–Crippen MR) is 204 cm³/mol. The molecule has 1 heterocycles. The molecule has 0 saturated carbocycles. The molecule has 2 aliphatic rings. The van der Waals surface area contributed by atoms with Crippen LogP contribution in [0, 0.1) is 0 Å². The molecule has 1 aromatic heterocycles. The number of hydrogen-bond donors (Lipinski definition) is 4. The molecular formula is C34H34B2N4O6S3. The van der Waals surface area contributed by atoms with Gasteiger partial charge in [-0.15, -0.1) is 11.3 Å². The minimum Gasteiger partial charge on any atom is -0.525 e. The third kappa shape index (κ3) is 9.05. The van der Waals surface area contributed by atoms with Crippen LogP contribution in [0.3, 0.4) is 0 Å². The molecular weight excluding hydrogens is 678 g/mol. The number of benzene rings is 2. The number of thiocarbonyl (C=S) groups is 2. The van der Waals surface area contributed by atoms with Crippen molar-refractivity contribution in [1.29, 1.82) is 0 Å². The van der Waals surface area contributed by atoms with Gasteiger partial charge in [-0.2, -0.15) is 0 Å². The van der Waals surface area contributed by atoms with Crippen molar-refractivity contribution < 1.29 is 28.5 Å². The monoisotopic (exact) mass is 712 g/mol. The highest BCUT2D eigenvalue weighted by Crippen LogP contribution is 2.33. The zero-order valence-corrected chi connectivity index (χ0v) is 28.9. The van der Waals surface area contributed by atoms with Gasteiger partial charge in [0.25, 0.3) is 0 Å². The largest absolute Gasteiger partial charge is 0.525 e. The summed E-state index contributed by atoms with van der Waals surface area (Å²) in [7, 11) is 0. The highest BCUT2D eigenvalue weighted by molar-refractivity contribution is 7.81. The van der Waals surface area contributed by atoms with E-state index in [-0.39, 0.29) is 25.7 Å². The Hall–Kier alpha value is -4.27. The maximum absolute atomic E-state index is 13.1. The molecule has 10 nitrogen and oxygen atoms in total. The smallest absolute Gasteiger partial charge is 0.429 e. The first-order valence-corrected chi connectivity index (χ1v) is 17.3. The minimum absolute atomic E-state index is 0.0447. The molecule has 0 unspecified atom stereocenters. The highest BCUT2D eigenvalue weighted by Gasteiger charge is 2.33. The number of nitrogens with two attached hydrogens (primary N) is 4. The van der Waals surface area contributed by atoms with Gasteiger partial charge in [0.1, 0.15) is 12.1 Å². The number of thiophene rings is 1. The van der Waals surface area contributed by atoms with Gasteiger partial charge in [0.05, 0.1) is 0 Å². The van der Waals surface area contributed by atoms with Gasteiger partial charge in [0, 0.05) is 44.8 Å². The lowest BCUT2D eigenvalue weighted by atomic mass is 9.53. The Morgan fingerprint density at radius 1 is 0.714 bits per heavy atom. The lowest BCUT2D eigenvalue weighted by Gasteiger charge is -2.21. The average Bonchev–Trinajstić information content (AvgIpc) is 3.44. The Labute approximate surface area is 298 Å². The normalized spacial score (nSPS) is 15.4. The Morgan fingerprint density at radius 3 is 1.49 bits per heavy atom. The van der Waals surface area contributed by atoms with Crippen molar-refractivity contribution in [3.05, 3.63) is 83.8 Å². The molecule has 8 N–H and O–H groups in total. The van der Waals surface area contributed by atoms with Gasteiger partial charge in [-0.25, -0.2) is 0 Å². The van der Waals surface area contributed by atoms with E-state index in [0.29, 0.717) is 44.4 Å². The van der Waals surface area contributed by atoms with E-state index < -0.39 is 49.7 Å². The summed E-state index contributed by atoms with van der Waals surface area (Å²) in [5.41, 5.74) is 25.4.